The molecule has 21 heavy (non-hydrogen) atoms. The van der Waals surface area contributed by atoms with Crippen LogP contribution in [0.5, 0.6) is 5.75 Å². The maximum Gasteiger partial charge on any atom is 0.221 e. The van der Waals surface area contributed by atoms with Crippen LogP contribution in [0, 0.1) is 3.57 Å². The predicted octanol–water partition coefficient (Wildman–Crippen LogP) is 2.97. The number of hydrogen-bond acceptors (Lipinski definition) is 5. The second-order valence-electron chi connectivity index (χ2n) is 5.16. The molecule has 0 fully saturated rings. The molecule has 0 radical (unpaired) electrons. The van der Waals surface area contributed by atoms with Crippen molar-refractivity contribution >= 4 is 34.4 Å². The molecule has 6 heteroatoms. The monoisotopic (exact) mass is 398 g/mol. The average Bonchev–Trinajstić information content (AvgIpc) is 2.41. The third kappa shape index (κ3) is 3.55. The summed E-state index contributed by atoms with van der Waals surface area (Å²) in [6.45, 7) is 4.34. The minimum atomic E-state index is 0.188. The molecule has 0 spiro atoms. The Hall–Kier alpha value is -1.57. The maximum atomic E-state index is 5.90. The van der Waals surface area contributed by atoms with Crippen molar-refractivity contribution in [2.45, 2.75) is 26.2 Å². The van der Waals surface area contributed by atoms with E-state index in [4.69, 9.17) is 16.2 Å². The zero-order chi connectivity index (χ0) is 15.6. The number of methoxy groups -OCH3 is 1. The Bertz CT molecular complexity index is 658. The van der Waals surface area contributed by atoms with Crippen LogP contribution in [0.3, 0.4) is 0 Å². The molecule has 1 aromatic carbocycles. The van der Waals surface area contributed by atoms with Gasteiger partial charge >= 0.3 is 0 Å². The van der Waals surface area contributed by atoms with Crippen molar-refractivity contribution in [2.24, 2.45) is 0 Å². The lowest BCUT2D eigenvalue weighted by Gasteiger charge is -2.15. The fourth-order valence-corrected chi connectivity index (χ4v) is 3.31. The third-order valence-corrected chi connectivity index (χ3v) is 4.25. The SMILES string of the molecule is COc1cc(C(C)C)c(I)cc1Cc1cnc(N)nc1N. The Morgan fingerprint density at radius 2 is 1.95 bits per heavy atom. The number of ether oxygens (including phenoxy) is 1. The van der Waals surface area contributed by atoms with Gasteiger partial charge in [-0.3, -0.25) is 0 Å². The van der Waals surface area contributed by atoms with Gasteiger partial charge in [0, 0.05) is 21.8 Å². The Kier molecular flexibility index (Phi) is 4.87. The van der Waals surface area contributed by atoms with E-state index in [-0.39, 0.29) is 5.95 Å². The van der Waals surface area contributed by atoms with Crippen molar-refractivity contribution in [3.05, 3.63) is 38.6 Å². The number of hydrogen-bond donors (Lipinski definition) is 2. The van der Waals surface area contributed by atoms with E-state index >= 15 is 0 Å². The van der Waals surface area contributed by atoms with Crippen LogP contribution in [0.1, 0.15) is 36.5 Å². The highest BCUT2D eigenvalue weighted by Crippen LogP contribution is 2.31. The van der Waals surface area contributed by atoms with Gasteiger partial charge in [-0.1, -0.05) is 13.8 Å². The van der Waals surface area contributed by atoms with Gasteiger partial charge in [-0.25, -0.2) is 4.98 Å². The van der Waals surface area contributed by atoms with Crippen LogP contribution in [0.2, 0.25) is 0 Å². The fourth-order valence-electron chi connectivity index (χ4n) is 2.16. The lowest BCUT2D eigenvalue weighted by atomic mass is 9.98. The summed E-state index contributed by atoms with van der Waals surface area (Å²) in [5, 5.41) is 0. The van der Waals surface area contributed by atoms with Crippen LogP contribution in [0.25, 0.3) is 0 Å². The van der Waals surface area contributed by atoms with Gasteiger partial charge < -0.3 is 16.2 Å². The van der Waals surface area contributed by atoms with Crippen LogP contribution >= 0.6 is 22.6 Å². The van der Waals surface area contributed by atoms with E-state index in [1.54, 1.807) is 13.3 Å². The molecule has 112 valence electrons. The average molecular weight is 398 g/mol. The van der Waals surface area contributed by atoms with Gasteiger partial charge in [-0.15, -0.1) is 0 Å². The molecule has 2 rings (SSSR count). The van der Waals surface area contributed by atoms with E-state index < -0.39 is 0 Å². The first-order valence-corrected chi connectivity index (χ1v) is 7.73. The summed E-state index contributed by atoms with van der Waals surface area (Å²) >= 11 is 2.35. The van der Waals surface area contributed by atoms with Gasteiger partial charge in [0.1, 0.15) is 11.6 Å². The molecule has 0 saturated carbocycles. The minimum absolute atomic E-state index is 0.188. The molecule has 0 aliphatic rings. The third-order valence-electron chi connectivity index (χ3n) is 3.32. The van der Waals surface area contributed by atoms with E-state index in [1.165, 1.54) is 9.13 Å². The largest absolute Gasteiger partial charge is 0.496 e. The van der Waals surface area contributed by atoms with Crippen molar-refractivity contribution < 1.29 is 4.74 Å². The number of benzene rings is 1. The van der Waals surface area contributed by atoms with E-state index in [0.29, 0.717) is 18.2 Å². The van der Waals surface area contributed by atoms with Gasteiger partial charge in [0.05, 0.1) is 7.11 Å². The smallest absolute Gasteiger partial charge is 0.221 e. The Morgan fingerprint density at radius 3 is 2.52 bits per heavy atom. The molecule has 4 N–H and O–H groups in total. The van der Waals surface area contributed by atoms with E-state index in [1.807, 2.05) is 0 Å². The van der Waals surface area contributed by atoms with Crippen molar-refractivity contribution in [3.8, 4) is 5.75 Å². The van der Waals surface area contributed by atoms with Gasteiger partial charge in [0.25, 0.3) is 0 Å². The van der Waals surface area contributed by atoms with Crippen molar-refractivity contribution in [3.63, 3.8) is 0 Å². The molecule has 0 amide bonds. The normalized spacial score (nSPS) is 10.9. The maximum absolute atomic E-state index is 5.90. The van der Waals surface area contributed by atoms with Gasteiger partial charge in [-0.05, 0) is 51.8 Å². The number of nitrogens with zero attached hydrogens (tertiary/aromatic N) is 2. The zero-order valence-electron chi connectivity index (χ0n) is 12.4. The highest BCUT2D eigenvalue weighted by molar-refractivity contribution is 14.1. The van der Waals surface area contributed by atoms with E-state index in [0.717, 1.165) is 16.9 Å². The molecule has 0 atom stereocenters. The summed E-state index contributed by atoms with van der Waals surface area (Å²) in [7, 11) is 1.68. The van der Waals surface area contributed by atoms with Gasteiger partial charge in [-0.2, -0.15) is 4.98 Å². The number of nitrogens with two attached hydrogens (primary N) is 2. The summed E-state index contributed by atoms with van der Waals surface area (Å²) in [6.07, 6.45) is 2.28. The Labute approximate surface area is 138 Å². The number of nitrogen functional groups attached to an aromatic ring is 2. The van der Waals surface area contributed by atoms with Crippen molar-refractivity contribution in [1.82, 2.24) is 9.97 Å². The second kappa shape index (κ2) is 6.46. The van der Waals surface area contributed by atoms with Crippen LogP contribution in [-0.4, -0.2) is 17.1 Å². The first-order valence-electron chi connectivity index (χ1n) is 6.65. The summed E-state index contributed by atoms with van der Waals surface area (Å²) in [5.74, 6) is 1.90. The predicted molar refractivity (Wildman–Crippen MR) is 93.5 cm³/mol. The van der Waals surface area contributed by atoms with E-state index in [2.05, 4.69) is 58.5 Å². The summed E-state index contributed by atoms with van der Waals surface area (Å²) in [6, 6.07) is 4.22. The fraction of sp³-hybridized carbons (Fsp3) is 0.333. The highest BCUT2D eigenvalue weighted by Gasteiger charge is 2.13. The Balaban J connectivity index is 2.41. The summed E-state index contributed by atoms with van der Waals surface area (Å²) in [5.41, 5.74) is 14.6. The molecule has 0 aliphatic carbocycles. The van der Waals surface area contributed by atoms with Crippen LogP contribution < -0.4 is 16.2 Å². The summed E-state index contributed by atoms with van der Waals surface area (Å²) < 4.78 is 6.73. The molecular formula is C15H19IN4O. The number of anilines is 2. The lowest BCUT2D eigenvalue weighted by Crippen LogP contribution is -2.05. The van der Waals surface area contributed by atoms with E-state index in [9.17, 15) is 0 Å². The quantitative estimate of drug-likeness (QED) is 0.774. The first-order chi connectivity index (χ1) is 9.92. The lowest BCUT2D eigenvalue weighted by molar-refractivity contribution is 0.409. The molecule has 5 nitrogen and oxygen atoms in total. The van der Waals surface area contributed by atoms with Crippen LogP contribution in [0.4, 0.5) is 11.8 Å². The molecule has 1 aromatic heterocycles. The summed E-state index contributed by atoms with van der Waals surface area (Å²) in [4.78, 5) is 8.00. The molecule has 0 bridgehead atoms. The number of rotatable bonds is 4. The standard InChI is InChI=1S/C15H19IN4O/c1-8(2)11-6-13(21-3)9(5-12(11)16)4-10-7-19-15(18)20-14(10)17/h5-8H,4H2,1-3H3,(H4,17,18,19,20). The van der Waals surface area contributed by atoms with Gasteiger partial charge in [0.2, 0.25) is 5.95 Å². The zero-order valence-corrected chi connectivity index (χ0v) is 14.5. The number of halogens is 1. The molecule has 0 unspecified atom stereocenters. The van der Waals surface area contributed by atoms with Crippen molar-refractivity contribution in [2.75, 3.05) is 18.6 Å². The van der Waals surface area contributed by atoms with Crippen molar-refractivity contribution in [1.29, 1.82) is 0 Å². The molecule has 0 saturated heterocycles. The second-order valence-corrected chi connectivity index (χ2v) is 6.32. The minimum Gasteiger partial charge on any atom is -0.496 e. The van der Waals surface area contributed by atoms with Crippen LogP contribution in [0.15, 0.2) is 18.3 Å². The molecular weight excluding hydrogens is 379 g/mol. The molecule has 2 aromatic rings. The van der Waals surface area contributed by atoms with Crippen LogP contribution in [-0.2, 0) is 6.42 Å². The Morgan fingerprint density at radius 1 is 1.24 bits per heavy atom. The molecule has 0 aliphatic heterocycles. The topological polar surface area (TPSA) is 87.0 Å². The molecule has 1 heterocycles. The first kappa shape index (κ1) is 15.8. The number of aromatic nitrogens is 2. The highest BCUT2D eigenvalue weighted by atomic mass is 127. The van der Waals surface area contributed by atoms with Gasteiger partial charge in [0.15, 0.2) is 0 Å².